The number of rotatable bonds is 7. The van der Waals surface area contributed by atoms with Crippen LogP contribution in [0.4, 0.5) is 11.4 Å². The number of nitrogens with one attached hydrogen (secondary N) is 2. The number of nitrogens with zero attached hydrogens (tertiary/aromatic N) is 2. The molecule has 0 aliphatic carbocycles. The van der Waals surface area contributed by atoms with Crippen LogP contribution >= 0.6 is 0 Å². The summed E-state index contributed by atoms with van der Waals surface area (Å²) in [6, 6.07) is 6.98. The molecule has 1 heterocycles. The van der Waals surface area contributed by atoms with Gasteiger partial charge < -0.3 is 10.4 Å². The van der Waals surface area contributed by atoms with Gasteiger partial charge in [-0.2, -0.15) is 5.10 Å². The van der Waals surface area contributed by atoms with Gasteiger partial charge >= 0.3 is 0 Å². The average molecular weight is 310 g/mol. The maximum atomic E-state index is 11.1. The van der Waals surface area contributed by atoms with E-state index in [4.69, 9.17) is 5.11 Å². The summed E-state index contributed by atoms with van der Waals surface area (Å²) in [7, 11) is -3.25. The molecule has 0 unspecified atom stereocenters. The SMILES string of the molecule is CS(=O)(=O)Nc1ccc(NCc2cnn(CCO)c2)cc1. The molecule has 0 fully saturated rings. The third kappa shape index (κ3) is 5.09. The molecule has 1 aromatic heterocycles. The molecule has 2 aromatic rings. The zero-order valence-corrected chi connectivity index (χ0v) is 12.5. The molecule has 0 saturated heterocycles. The Morgan fingerprint density at radius 2 is 1.90 bits per heavy atom. The Kier molecular flexibility index (Phi) is 4.81. The monoisotopic (exact) mass is 310 g/mol. The Labute approximate surface area is 123 Å². The Balaban J connectivity index is 1.91. The summed E-state index contributed by atoms with van der Waals surface area (Å²) in [6.07, 6.45) is 4.72. The Hall–Kier alpha value is -2.06. The number of anilines is 2. The maximum absolute atomic E-state index is 11.1. The highest BCUT2D eigenvalue weighted by molar-refractivity contribution is 7.92. The summed E-state index contributed by atoms with van der Waals surface area (Å²) in [4.78, 5) is 0. The molecule has 21 heavy (non-hydrogen) atoms. The van der Waals surface area contributed by atoms with Gasteiger partial charge in [0, 0.05) is 29.7 Å². The highest BCUT2D eigenvalue weighted by Gasteiger charge is 2.02. The predicted octanol–water partition coefficient (Wildman–Crippen LogP) is 0.859. The topological polar surface area (TPSA) is 96.3 Å². The minimum atomic E-state index is -3.25. The van der Waals surface area contributed by atoms with E-state index < -0.39 is 10.0 Å². The van der Waals surface area contributed by atoms with Crippen molar-refractivity contribution in [3.05, 3.63) is 42.2 Å². The van der Waals surface area contributed by atoms with Crippen molar-refractivity contribution in [1.82, 2.24) is 9.78 Å². The zero-order chi connectivity index (χ0) is 15.3. The maximum Gasteiger partial charge on any atom is 0.229 e. The van der Waals surface area contributed by atoms with E-state index in [0.29, 0.717) is 18.8 Å². The van der Waals surface area contributed by atoms with Gasteiger partial charge in [0.25, 0.3) is 0 Å². The smallest absolute Gasteiger partial charge is 0.229 e. The molecule has 0 aliphatic rings. The normalized spacial score (nSPS) is 11.3. The fourth-order valence-corrected chi connectivity index (χ4v) is 2.36. The molecule has 7 nitrogen and oxygen atoms in total. The summed E-state index contributed by atoms with van der Waals surface area (Å²) in [6.45, 7) is 1.14. The van der Waals surface area contributed by atoms with Crippen molar-refractivity contribution in [3.63, 3.8) is 0 Å². The van der Waals surface area contributed by atoms with Crippen molar-refractivity contribution in [2.24, 2.45) is 0 Å². The lowest BCUT2D eigenvalue weighted by Gasteiger charge is -2.07. The van der Waals surface area contributed by atoms with Gasteiger partial charge in [-0.15, -0.1) is 0 Å². The van der Waals surface area contributed by atoms with Crippen LogP contribution in [0, 0.1) is 0 Å². The van der Waals surface area contributed by atoms with Crippen molar-refractivity contribution in [1.29, 1.82) is 0 Å². The molecule has 0 bridgehead atoms. The molecule has 0 atom stereocenters. The van der Waals surface area contributed by atoms with E-state index in [1.807, 2.05) is 6.20 Å². The van der Waals surface area contributed by atoms with Crippen LogP contribution in [0.25, 0.3) is 0 Å². The van der Waals surface area contributed by atoms with Crippen LogP contribution in [0.2, 0.25) is 0 Å². The molecule has 0 spiro atoms. The van der Waals surface area contributed by atoms with Gasteiger partial charge in [-0.05, 0) is 24.3 Å². The Morgan fingerprint density at radius 1 is 1.24 bits per heavy atom. The average Bonchev–Trinajstić information content (AvgIpc) is 2.84. The molecule has 0 saturated carbocycles. The first-order chi connectivity index (χ1) is 9.96. The largest absolute Gasteiger partial charge is 0.394 e. The summed E-state index contributed by atoms with van der Waals surface area (Å²) >= 11 is 0. The molecule has 1 aromatic carbocycles. The van der Waals surface area contributed by atoms with E-state index in [9.17, 15) is 8.42 Å². The van der Waals surface area contributed by atoms with Gasteiger partial charge in [-0.1, -0.05) is 0 Å². The van der Waals surface area contributed by atoms with Crippen molar-refractivity contribution >= 4 is 21.4 Å². The predicted molar refractivity (Wildman–Crippen MR) is 81.5 cm³/mol. The van der Waals surface area contributed by atoms with Gasteiger partial charge in [0.2, 0.25) is 10.0 Å². The van der Waals surface area contributed by atoms with Crippen molar-refractivity contribution in [2.75, 3.05) is 22.9 Å². The third-order valence-corrected chi connectivity index (χ3v) is 3.31. The number of hydrogen-bond acceptors (Lipinski definition) is 5. The first-order valence-corrected chi connectivity index (χ1v) is 8.29. The van der Waals surface area contributed by atoms with Crippen LogP contribution in [-0.4, -0.2) is 36.2 Å². The summed E-state index contributed by atoms with van der Waals surface area (Å²) in [5.41, 5.74) is 2.41. The number of aromatic nitrogens is 2. The van der Waals surface area contributed by atoms with E-state index >= 15 is 0 Å². The molecular weight excluding hydrogens is 292 g/mol. The second-order valence-electron chi connectivity index (χ2n) is 4.64. The fourth-order valence-electron chi connectivity index (χ4n) is 1.80. The molecule has 114 valence electrons. The molecule has 0 radical (unpaired) electrons. The second kappa shape index (κ2) is 6.59. The first kappa shape index (κ1) is 15.3. The van der Waals surface area contributed by atoms with Gasteiger partial charge in [-0.3, -0.25) is 9.40 Å². The molecule has 0 aliphatic heterocycles. The van der Waals surface area contributed by atoms with E-state index in [2.05, 4.69) is 15.1 Å². The van der Waals surface area contributed by atoms with Crippen molar-refractivity contribution < 1.29 is 13.5 Å². The Bertz CT molecular complexity index is 680. The lowest BCUT2D eigenvalue weighted by Crippen LogP contribution is -2.09. The lowest BCUT2D eigenvalue weighted by atomic mass is 10.2. The standard InChI is InChI=1S/C13H18N4O3S/c1-21(19,20)16-13-4-2-12(3-5-13)14-8-11-9-15-17(10-11)6-7-18/h2-5,9-10,14,16,18H,6-8H2,1H3. The van der Waals surface area contributed by atoms with Crippen molar-refractivity contribution in [2.45, 2.75) is 13.1 Å². The number of aliphatic hydroxyl groups excluding tert-OH is 1. The summed E-state index contributed by atoms with van der Waals surface area (Å²) in [5, 5.41) is 16.1. The van der Waals surface area contributed by atoms with Crippen LogP contribution in [0.3, 0.4) is 0 Å². The van der Waals surface area contributed by atoms with Crippen LogP contribution in [0.1, 0.15) is 5.56 Å². The van der Waals surface area contributed by atoms with E-state index in [-0.39, 0.29) is 6.61 Å². The minimum Gasteiger partial charge on any atom is -0.394 e. The number of benzene rings is 1. The van der Waals surface area contributed by atoms with Crippen LogP contribution in [-0.2, 0) is 23.1 Å². The molecule has 3 N–H and O–H groups in total. The Morgan fingerprint density at radius 3 is 2.52 bits per heavy atom. The highest BCUT2D eigenvalue weighted by Crippen LogP contribution is 2.15. The van der Waals surface area contributed by atoms with Gasteiger partial charge in [-0.25, -0.2) is 8.42 Å². The number of sulfonamides is 1. The highest BCUT2D eigenvalue weighted by atomic mass is 32.2. The fraction of sp³-hybridized carbons (Fsp3) is 0.308. The van der Waals surface area contributed by atoms with Gasteiger partial charge in [0.1, 0.15) is 0 Å². The number of aliphatic hydroxyl groups is 1. The number of hydrogen-bond donors (Lipinski definition) is 3. The first-order valence-electron chi connectivity index (χ1n) is 6.40. The summed E-state index contributed by atoms with van der Waals surface area (Å²) < 4.78 is 26.3. The van der Waals surface area contributed by atoms with E-state index in [1.54, 1.807) is 35.1 Å². The van der Waals surface area contributed by atoms with Crippen LogP contribution in [0.5, 0.6) is 0 Å². The third-order valence-electron chi connectivity index (χ3n) is 2.70. The minimum absolute atomic E-state index is 0.0589. The van der Waals surface area contributed by atoms with Gasteiger partial charge in [0.15, 0.2) is 0 Å². The quantitative estimate of drug-likeness (QED) is 0.705. The lowest BCUT2D eigenvalue weighted by molar-refractivity contribution is 0.269. The van der Waals surface area contributed by atoms with Crippen LogP contribution in [0.15, 0.2) is 36.7 Å². The molecule has 2 rings (SSSR count). The van der Waals surface area contributed by atoms with Gasteiger partial charge in [0.05, 0.1) is 25.6 Å². The van der Waals surface area contributed by atoms with E-state index in [1.165, 1.54) is 0 Å². The second-order valence-corrected chi connectivity index (χ2v) is 6.39. The molecule has 8 heteroatoms. The molecular formula is C13H18N4O3S. The summed E-state index contributed by atoms with van der Waals surface area (Å²) in [5.74, 6) is 0. The zero-order valence-electron chi connectivity index (χ0n) is 11.7. The van der Waals surface area contributed by atoms with Crippen LogP contribution < -0.4 is 10.0 Å². The van der Waals surface area contributed by atoms with Crippen molar-refractivity contribution in [3.8, 4) is 0 Å². The molecule has 0 amide bonds. The van der Waals surface area contributed by atoms with E-state index in [0.717, 1.165) is 17.5 Å².